The zero-order valence-electron chi connectivity index (χ0n) is 17.5. The molecule has 4 rings (SSSR count). The van der Waals surface area contributed by atoms with E-state index in [1.54, 1.807) is 42.5 Å². The number of amides is 1. The number of hydrogen-bond donors (Lipinski definition) is 1. The summed E-state index contributed by atoms with van der Waals surface area (Å²) in [6.07, 6.45) is 2.34. The summed E-state index contributed by atoms with van der Waals surface area (Å²) in [5.74, 6) is -0.132. The maximum absolute atomic E-state index is 13.0. The lowest BCUT2D eigenvalue weighted by Crippen LogP contribution is -2.33. The summed E-state index contributed by atoms with van der Waals surface area (Å²) in [7, 11) is -3.61. The van der Waals surface area contributed by atoms with E-state index in [2.05, 4.69) is 17.4 Å². The van der Waals surface area contributed by atoms with E-state index in [4.69, 9.17) is 0 Å². The quantitative estimate of drug-likeness (QED) is 0.606. The van der Waals surface area contributed by atoms with Crippen molar-refractivity contribution in [2.24, 2.45) is 0 Å². The van der Waals surface area contributed by atoms with Crippen molar-refractivity contribution < 1.29 is 13.2 Å². The number of sulfonamides is 1. The topological polar surface area (TPSA) is 66.5 Å². The van der Waals surface area contributed by atoms with Crippen LogP contribution in [0, 0.1) is 0 Å². The lowest BCUT2D eigenvalue weighted by Gasteiger charge is -2.20. The van der Waals surface area contributed by atoms with Crippen LogP contribution in [0.1, 0.15) is 34.8 Å². The Hall–Kier alpha value is -3.12. The minimum absolute atomic E-state index is 0.0379. The molecule has 3 aromatic carbocycles. The lowest BCUT2D eigenvalue weighted by molar-refractivity contribution is 0.0938. The minimum Gasteiger partial charge on any atom is -0.350 e. The molecule has 1 aliphatic heterocycles. The number of benzene rings is 3. The van der Waals surface area contributed by atoms with Crippen LogP contribution in [-0.2, 0) is 22.9 Å². The third-order valence-corrected chi connectivity index (χ3v) is 7.44. The molecule has 6 heteroatoms. The molecular weight excluding hydrogens is 408 g/mol. The van der Waals surface area contributed by atoms with Crippen LogP contribution in [0.15, 0.2) is 83.8 Å². The molecule has 0 aliphatic carbocycles. The van der Waals surface area contributed by atoms with Gasteiger partial charge >= 0.3 is 0 Å². The second kappa shape index (κ2) is 8.94. The van der Waals surface area contributed by atoms with Crippen molar-refractivity contribution in [3.05, 3.63) is 95.6 Å². The summed E-state index contributed by atoms with van der Waals surface area (Å²) >= 11 is 0. The molecule has 0 bridgehead atoms. The van der Waals surface area contributed by atoms with Crippen LogP contribution in [0.25, 0.3) is 0 Å². The highest BCUT2D eigenvalue weighted by atomic mass is 32.2. The van der Waals surface area contributed by atoms with E-state index >= 15 is 0 Å². The molecule has 1 amide bonds. The highest BCUT2D eigenvalue weighted by Crippen LogP contribution is 2.33. The molecule has 1 atom stereocenters. The van der Waals surface area contributed by atoms with Crippen LogP contribution in [-0.4, -0.2) is 26.9 Å². The molecule has 1 N–H and O–H groups in total. The summed E-state index contributed by atoms with van der Waals surface area (Å²) in [4.78, 5) is 13.0. The number of rotatable bonds is 7. The fraction of sp³-hybridized carbons (Fsp3) is 0.240. The molecule has 160 valence electrons. The van der Waals surface area contributed by atoms with Gasteiger partial charge in [-0.2, -0.15) is 0 Å². The number of nitrogens with one attached hydrogen (secondary N) is 1. The van der Waals surface area contributed by atoms with Crippen LogP contribution in [0.2, 0.25) is 0 Å². The molecule has 0 radical (unpaired) electrons. The van der Waals surface area contributed by atoms with Gasteiger partial charge in [0.15, 0.2) is 0 Å². The summed E-state index contributed by atoms with van der Waals surface area (Å²) in [6, 6.07) is 23.9. The van der Waals surface area contributed by atoms with Gasteiger partial charge in [0.25, 0.3) is 15.9 Å². The molecular formula is C25H26N2O3S. The largest absolute Gasteiger partial charge is 0.350 e. The van der Waals surface area contributed by atoms with Crippen LogP contribution in [0.3, 0.4) is 0 Å². The zero-order valence-corrected chi connectivity index (χ0v) is 18.3. The number of hydrogen-bond acceptors (Lipinski definition) is 3. The SMILES string of the molecule is C[C@@H](CCc1ccccc1)NC(=O)c1ccc2c(c1)CCN2S(=O)(=O)c1ccccc1. The summed E-state index contributed by atoms with van der Waals surface area (Å²) in [5, 5.41) is 3.05. The van der Waals surface area contributed by atoms with Gasteiger partial charge < -0.3 is 5.32 Å². The van der Waals surface area contributed by atoms with Crippen molar-refractivity contribution in [1.29, 1.82) is 0 Å². The van der Waals surface area contributed by atoms with E-state index in [1.165, 1.54) is 9.87 Å². The van der Waals surface area contributed by atoms with Crippen molar-refractivity contribution in [3.8, 4) is 0 Å². The summed E-state index contributed by atoms with van der Waals surface area (Å²) in [6.45, 7) is 2.38. The Balaban J connectivity index is 1.43. The van der Waals surface area contributed by atoms with E-state index < -0.39 is 10.0 Å². The van der Waals surface area contributed by atoms with Gasteiger partial charge in [0.2, 0.25) is 0 Å². The van der Waals surface area contributed by atoms with Gasteiger partial charge in [-0.05, 0) is 67.6 Å². The highest BCUT2D eigenvalue weighted by molar-refractivity contribution is 7.92. The highest BCUT2D eigenvalue weighted by Gasteiger charge is 2.31. The van der Waals surface area contributed by atoms with Crippen LogP contribution in [0.5, 0.6) is 0 Å². The Morgan fingerprint density at radius 1 is 1.00 bits per heavy atom. The minimum atomic E-state index is -3.61. The number of nitrogens with zero attached hydrogens (tertiary/aromatic N) is 1. The zero-order chi connectivity index (χ0) is 21.8. The number of carbonyl (C=O) groups excluding carboxylic acids is 1. The van der Waals surface area contributed by atoms with Gasteiger partial charge in [-0.3, -0.25) is 9.10 Å². The van der Waals surface area contributed by atoms with Crippen LogP contribution in [0.4, 0.5) is 5.69 Å². The van der Waals surface area contributed by atoms with Gasteiger partial charge in [-0.25, -0.2) is 8.42 Å². The fourth-order valence-electron chi connectivity index (χ4n) is 3.89. The molecule has 5 nitrogen and oxygen atoms in total. The van der Waals surface area contributed by atoms with E-state index in [1.807, 2.05) is 31.2 Å². The van der Waals surface area contributed by atoms with Crippen molar-refractivity contribution in [2.45, 2.75) is 37.1 Å². The molecule has 0 unspecified atom stereocenters. The first-order valence-corrected chi connectivity index (χ1v) is 11.9. The lowest BCUT2D eigenvalue weighted by atomic mass is 10.0. The normalized spacial score (nSPS) is 14.2. The van der Waals surface area contributed by atoms with Crippen molar-refractivity contribution in [2.75, 3.05) is 10.8 Å². The van der Waals surface area contributed by atoms with E-state index in [0.717, 1.165) is 18.4 Å². The molecule has 31 heavy (non-hydrogen) atoms. The molecule has 0 spiro atoms. The van der Waals surface area contributed by atoms with Crippen molar-refractivity contribution >= 4 is 21.6 Å². The van der Waals surface area contributed by atoms with Crippen LogP contribution >= 0.6 is 0 Å². The van der Waals surface area contributed by atoms with E-state index in [0.29, 0.717) is 24.2 Å². The number of aryl methyl sites for hydroxylation is 1. The Kier molecular flexibility index (Phi) is 6.09. The van der Waals surface area contributed by atoms with E-state index in [9.17, 15) is 13.2 Å². The first-order chi connectivity index (χ1) is 14.9. The third-order valence-electron chi connectivity index (χ3n) is 5.61. The molecule has 0 saturated carbocycles. The Morgan fingerprint density at radius 2 is 1.68 bits per heavy atom. The predicted molar refractivity (Wildman–Crippen MR) is 123 cm³/mol. The maximum Gasteiger partial charge on any atom is 0.264 e. The standard InChI is InChI=1S/C25H26N2O3S/c1-19(12-13-20-8-4-2-5-9-20)26-25(28)22-14-15-24-21(18-22)16-17-27(24)31(29,30)23-10-6-3-7-11-23/h2-11,14-15,18-19H,12-13,16-17H2,1H3,(H,26,28)/t19-/m0/s1. The average Bonchev–Trinajstić information content (AvgIpc) is 3.23. The molecule has 1 heterocycles. The third kappa shape index (κ3) is 4.64. The number of carbonyl (C=O) groups is 1. The van der Waals surface area contributed by atoms with Gasteiger partial charge in [0.05, 0.1) is 10.6 Å². The molecule has 0 fully saturated rings. The predicted octanol–water partition coefficient (Wildman–Crippen LogP) is 4.19. The van der Waals surface area contributed by atoms with Crippen LogP contribution < -0.4 is 9.62 Å². The molecule has 0 aromatic heterocycles. The second-order valence-electron chi connectivity index (χ2n) is 7.88. The smallest absolute Gasteiger partial charge is 0.264 e. The number of anilines is 1. The maximum atomic E-state index is 13.0. The summed E-state index contributed by atoms with van der Waals surface area (Å²) in [5.41, 5.74) is 3.34. The van der Waals surface area contributed by atoms with Gasteiger partial charge in [0, 0.05) is 18.2 Å². The van der Waals surface area contributed by atoms with Gasteiger partial charge in [-0.15, -0.1) is 0 Å². The Bertz CT molecular complexity index is 1160. The molecule has 0 saturated heterocycles. The van der Waals surface area contributed by atoms with Gasteiger partial charge in [0.1, 0.15) is 0 Å². The number of fused-ring (bicyclic) bond motifs is 1. The Morgan fingerprint density at radius 3 is 2.39 bits per heavy atom. The van der Waals surface area contributed by atoms with Crippen molar-refractivity contribution in [1.82, 2.24) is 5.32 Å². The molecule has 1 aliphatic rings. The van der Waals surface area contributed by atoms with E-state index in [-0.39, 0.29) is 16.8 Å². The average molecular weight is 435 g/mol. The Labute approximate surface area is 183 Å². The second-order valence-corrected chi connectivity index (χ2v) is 9.74. The summed E-state index contributed by atoms with van der Waals surface area (Å²) < 4.78 is 27.4. The fourth-order valence-corrected chi connectivity index (χ4v) is 5.41. The molecule has 3 aromatic rings. The first kappa shape index (κ1) is 21.1. The van der Waals surface area contributed by atoms with Crippen molar-refractivity contribution in [3.63, 3.8) is 0 Å². The monoisotopic (exact) mass is 434 g/mol. The van der Waals surface area contributed by atoms with Gasteiger partial charge in [-0.1, -0.05) is 48.5 Å². The first-order valence-electron chi connectivity index (χ1n) is 10.5.